The Hall–Kier alpha value is -1.97. The van der Waals surface area contributed by atoms with E-state index in [1.54, 1.807) is 12.4 Å². The molecule has 0 aliphatic rings. The Bertz CT molecular complexity index is 499. The predicted octanol–water partition coefficient (Wildman–Crippen LogP) is 2.01. The Kier molecular flexibility index (Phi) is 3.65. The van der Waals surface area contributed by atoms with Crippen LogP contribution in [-0.4, -0.2) is 27.5 Å². The Balaban J connectivity index is 1.88. The summed E-state index contributed by atoms with van der Waals surface area (Å²) in [6.45, 7) is 5.59. The van der Waals surface area contributed by atoms with Crippen molar-refractivity contribution >= 4 is 6.21 Å². The quantitative estimate of drug-likeness (QED) is 0.751. The van der Waals surface area contributed by atoms with Crippen molar-refractivity contribution in [2.75, 3.05) is 6.54 Å². The standard InChI is InChI=1S/C13H16N4/c1-11-9-12(2)17(16-11)8-7-14-10-13-5-3-4-6-15-13/h3-6,9-10H,7-8H2,1-2H3. The first-order valence-electron chi connectivity index (χ1n) is 5.67. The van der Waals surface area contributed by atoms with Crippen molar-refractivity contribution in [3.05, 3.63) is 47.5 Å². The second kappa shape index (κ2) is 5.39. The zero-order valence-electron chi connectivity index (χ0n) is 10.2. The first-order chi connectivity index (χ1) is 8.25. The smallest absolute Gasteiger partial charge is 0.0807 e. The molecular formula is C13H16N4. The normalized spacial score (nSPS) is 11.2. The summed E-state index contributed by atoms with van der Waals surface area (Å²) in [4.78, 5) is 8.51. The third kappa shape index (κ3) is 3.24. The van der Waals surface area contributed by atoms with Gasteiger partial charge in [-0.05, 0) is 32.0 Å². The van der Waals surface area contributed by atoms with Crippen LogP contribution in [0.5, 0.6) is 0 Å². The van der Waals surface area contributed by atoms with E-state index in [0.717, 1.165) is 24.5 Å². The van der Waals surface area contributed by atoms with Gasteiger partial charge in [-0.2, -0.15) is 5.10 Å². The summed E-state index contributed by atoms with van der Waals surface area (Å²) < 4.78 is 1.98. The highest BCUT2D eigenvalue weighted by Crippen LogP contribution is 2.01. The van der Waals surface area contributed by atoms with E-state index in [1.807, 2.05) is 29.8 Å². The van der Waals surface area contributed by atoms with Gasteiger partial charge in [-0.1, -0.05) is 6.07 Å². The molecule has 0 atom stereocenters. The molecule has 2 aromatic heterocycles. The van der Waals surface area contributed by atoms with Gasteiger partial charge in [-0.15, -0.1) is 0 Å². The number of aromatic nitrogens is 3. The molecule has 0 fully saturated rings. The SMILES string of the molecule is Cc1cc(C)n(CCN=Cc2ccccn2)n1. The van der Waals surface area contributed by atoms with E-state index in [2.05, 4.69) is 28.1 Å². The first kappa shape index (κ1) is 11.5. The second-order valence-electron chi connectivity index (χ2n) is 3.94. The fourth-order valence-electron chi connectivity index (χ4n) is 1.66. The van der Waals surface area contributed by atoms with Gasteiger partial charge in [0.1, 0.15) is 0 Å². The zero-order valence-corrected chi connectivity index (χ0v) is 10.2. The molecule has 0 spiro atoms. The highest BCUT2D eigenvalue weighted by Gasteiger charge is 1.98. The van der Waals surface area contributed by atoms with Crippen LogP contribution in [0.4, 0.5) is 0 Å². The van der Waals surface area contributed by atoms with Crippen molar-refractivity contribution in [3.8, 4) is 0 Å². The van der Waals surface area contributed by atoms with E-state index in [0.29, 0.717) is 0 Å². The van der Waals surface area contributed by atoms with Gasteiger partial charge < -0.3 is 0 Å². The van der Waals surface area contributed by atoms with Crippen LogP contribution in [0.25, 0.3) is 0 Å². The molecule has 0 amide bonds. The van der Waals surface area contributed by atoms with Crippen LogP contribution in [0.2, 0.25) is 0 Å². The Morgan fingerprint density at radius 1 is 1.35 bits per heavy atom. The fourth-order valence-corrected chi connectivity index (χ4v) is 1.66. The number of rotatable bonds is 4. The molecule has 0 unspecified atom stereocenters. The van der Waals surface area contributed by atoms with E-state index < -0.39 is 0 Å². The summed E-state index contributed by atoms with van der Waals surface area (Å²) in [6.07, 6.45) is 3.56. The summed E-state index contributed by atoms with van der Waals surface area (Å²) in [5.41, 5.74) is 3.12. The molecule has 0 bridgehead atoms. The molecule has 2 heterocycles. The van der Waals surface area contributed by atoms with Crippen LogP contribution in [0.15, 0.2) is 35.5 Å². The number of aliphatic imine (C=N–C) groups is 1. The molecule has 2 aromatic rings. The topological polar surface area (TPSA) is 43.1 Å². The minimum atomic E-state index is 0.721. The van der Waals surface area contributed by atoms with Crippen LogP contribution in [0.1, 0.15) is 17.1 Å². The van der Waals surface area contributed by atoms with Gasteiger partial charge in [0.2, 0.25) is 0 Å². The Morgan fingerprint density at radius 2 is 2.24 bits per heavy atom. The number of hydrogen-bond acceptors (Lipinski definition) is 3. The third-order valence-corrected chi connectivity index (χ3v) is 2.46. The molecule has 0 aromatic carbocycles. The van der Waals surface area contributed by atoms with E-state index in [1.165, 1.54) is 5.69 Å². The summed E-state index contributed by atoms with van der Waals surface area (Å²) in [6, 6.07) is 7.86. The van der Waals surface area contributed by atoms with E-state index in [4.69, 9.17) is 0 Å². The molecule has 0 saturated carbocycles. The molecule has 4 nitrogen and oxygen atoms in total. The molecular weight excluding hydrogens is 212 g/mol. The first-order valence-corrected chi connectivity index (χ1v) is 5.67. The fraction of sp³-hybridized carbons (Fsp3) is 0.308. The third-order valence-electron chi connectivity index (χ3n) is 2.46. The number of aryl methyl sites for hydroxylation is 2. The van der Waals surface area contributed by atoms with Crippen molar-refractivity contribution in [3.63, 3.8) is 0 Å². The van der Waals surface area contributed by atoms with Crippen molar-refractivity contribution < 1.29 is 0 Å². The number of nitrogens with zero attached hydrogens (tertiary/aromatic N) is 4. The van der Waals surface area contributed by atoms with Crippen LogP contribution in [-0.2, 0) is 6.54 Å². The number of pyridine rings is 1. The van der Waals surface area contributed by atoms with Crippen LogP contribution < -0.4 is 0 Å². The molecule has 2 rings (SSSR count). The molecule has 17 heavy (non-hydrogen) atoms. The largest absolute Gasteiger partial charge is 0.289 e. The summed E-state index contributed by atoms with van der Waals surface area (Å²) in [7, 11) is 0. The van der Waals surface area contributed by atoms with Crippen molar-refractivity contribution in [1.29, 1.82) is 0 Å². The number of hydrogen-bond donors (Lipinski definition) is 0. The highest BCUT2D eigenvalue weighted by molar-refractivity contribution is 5.76. The minimum absolute atomic E-state index is 0.721. The van der Waals surface area contributed by atoms with Crippen molar-refractivity contribution in [1.82, 2.24) is 14.8 Å². The van der Waals surface area contributed by atoms with Gasteiger partial charge >= 0.3 is 0 Å². The lowest BCUT2D eigenvalue weighted by atomic mass is 10.4. The molecule has 4 heteroatoms. The van der Waals surface area contributed by atoms with Crippen molar-refractivity contribution in [2.24, 2.45) is 4.99 Å². The lowest BCUT2D eigenvalue weighted by Gasteiger charge is -2.00. The maximum atomic E-state index is 4.38. The Labute approximate surface area is 101 Å². The summed E-state index contributed by atoms with van der Waals surface area (Å²) >= 11 is 0. The van der Waals surface area contributed by atoms with E-state index >= 15 is 0 Å². The summed E-state index contributed by atoms with van der Waals surface area (Å²) in [5.74, 6) is 0. The lowest BCUT2D eigenvalue weighted by molar-refractivity contribution is 0.605. The van der Waals surface area contributed by atoms with Gasteiger partial charge in [0.15, 0.2) is 0 Å². The zero-order chi connectivity index (χ0) is 12.1. The average molecular weight is 228 g/mol. The molecule has 88 valence electrons. The highest BCUT2D eigenvalue weighted by atomic mass is 15.3. The molecule has 0 aliphatic heterocycles. The predicted molar refractivity (Wildman–Crippen MR) is 68.4 cm³/mol. The monoisotopic (exact) mass is 228 g/mol. The van der Waals surface area contributed by atoms with Gasteiger partial charge in [0.25, 0.3) is 0 Å². The second-order valence-corrected chi connectivity index (χ2v) is 3.94. The van der Waals surface area contributed by atoms with E-state index in [9.17, 15) is 0 Å². The van der Waals surface area contributed by atoms with Crippen molar-refractivity contribution in [2.45, 2.75) is 20.4 Å². The maximum absolute atomic E-state index is 4.38. The van der Waals surface area contributed by atoms with E-state index in [-0.39, 0.29) is 0 Å². The van der Waals surface area contributed by atoms with Crippen LogP contribution in [0.3, 0.4) is 0 Å². The van der Waals surface area contributed by atoms with Gasteiger partial charge in [0, 0.05) is 18.1 Å². The van der Waals surface area contributed by atoms with Gasteiger partial charge in [0.05, 0.1) is 24.5 Å². The Morgan fingerprint density at radius 3 is 2.88 bits per heavy atom. The molecule has 0 radical (unpaired) electrons. The van der Waals surface area contributed by atoms with Crippen LogP contribution in [0, 0.1) is 13.8 Å². The van der Waals surface area contributed by atoms with Gasteiger partial charge in [-0.3, -0.25) is 14.7 Å². The lowest BCUT2D eigenvalue weighted by Crippen LogP contribution is -2.05. The average Bonchev–Trinajstić information content (AvgIpc) is 2.65. The van der Waals surface area contributed by atoms with Gasteiger partial charge in [-0.25, -0.2) is 0 Å². The maximum Gasteiger partial charge on any atom is 0.0807 e. The molecule has 0 N–H and O–H groups in total. The summed E-state index contributed by atoms with van der Waals surface area (Å²) in [5, 5.41) is 4.38. The molecule has 0 saturated heterocycles. The minimum Gasteiger partial charge on any atom is -0.289 e. The van der Waals surface area contributed by atoms with Crippen LogP contribution >= 0.6 is 0 Å². The molecule has 0 aliphatic carbocycles.